The molecular weight excluding hydrogens is 196 g/mol. The Morgan fingerprint density at radius 2 is 2.42 bits per heavy atom. The van der Waals surface area contributed by atoms with Crippen molar-refractivity contribution in [2.45, 2.75) is 6.92 Å². The lowest BCUT2D eigenvalue weighted by molar-refractivity contribution is -0.131. The Labute approximate surface area is 79.1 Å². The number of thiophene rings is 1. The largest absolute Gasteiger partial charge is 0.478 e. The Kier molecular flexibility index (Phi) is 2.89. The maximum Gasteiger partial charge on any atom is 0.328 e. The van der Waals surface area contributed by atoms with E-state index in [0.717, 1.165) is 5.56 Å². The second-order valence-electron chi connectivity index (χ2n) is 2.31. The highest BCUT2D eigenvalue weighted by Gasteiger charge is 2.00. The molecule has 0 aliphatic heterocycles. The summed E-state index contributed by atoms with van der Waals surface area (Å²) in [6, 6.07) is 1.75. The maximum atomic E-state index is 10.3. The topological polar surface area (TPSA) is 37.3 Å². The molecule has 0 bridgehead atoms. The van der Waals surface area contributed by atoms with E-state index < -0.39 is 5.97 Å². The Morgan fingerprint density at radius 1 is 1.75 bits per heavy atom. The monoisotopic (exact) mass is 202 g/mol. The number of carboxylic acid groups (broad SMARTS) is 1. The van der Waals surface area contributed by atoms with E-state index in [0.29, 0.717) is 9.91 Å². The molecule has 0 amide bonds. The first kappa shape index (κ1) is 9.29. The summed E-state index contributed by atoms with van der Waals surface area (Å²) >= 11 is 7.08. The standard InChI is InChI=1S/C8H7ClO2S/c1-5(2-8(10)11)6-3-7(9)12-4-6/h2-4H,1H3,(H,10,11)/b5-2+. The Balaban J connectivity index is 2.91. The molecule has 0 spiro atoms. The molecule has 0 atom stereocenters. The SMILES string of the molecule is C/C(=C\C(=O)O)c1csc(Cl)c1. The zero-order chi connectivity index (χ0) is 9.14. The van der Waals surface area contributed by atoms with Crippen LogP contribution in [-0.4, -0.2) is 11.1 Å². The van der Waals surface area contributed by atoms with Crippen LogP contribution < -0.4 is 0 Å². The first-order chi connectivity index (χ1) is 5.59. The number of aliphatic carboxylic acids is 1. The van der Waals surface area contributed by atoms with Crippen LogP contribution in [-0.2, 0) is 4.79 Å². The normalized spacial score (nSPS) is 11.7. The number of halogens is 1. The summed E-state index contributed by atoms with van der Waals surface area (Å²) in [6.45, 7) is 1.74. The van der Waals surface area contributed by atoms with Gasteiger partial charge in [0.25, 0.3) is 0 Å². The highest BCUT2D eigenvalue weighted by molar-refractivity contribution is 7.14. The lowest BCUT2D eigenvalue weighted by Gasteiger charge is -1.92. The van der Waals surface area contributed by atoms with Gasteiger partial charge in [0.1, 0.15) is 0 Å². The lowest BCUT2D eigenvalue weighted by Crippen LogP contribution is -1.88. The number of carboxylic acids is 1. The smallest absolute Gasteiger partial charge is 0.328 e. The van der Waals surface area contributed by atoms with E-state index in [9.17, 15) is 4.79 Å². The molecule has 0 fully saturated rings. The molecule has 1 N–H and O–H groups in total. The van der Waals surface area contributed by atoms with E-state index >= 15 is 0 Å². The highest BCUT2D eigenvalue weighted by Crippen LogP contribution is 2.24. The van der Waals surface area contributed by atoms with Crippen molar-refractivity contribution >= 4 is 34.5 Å². The molecule has 64 valence electrons. The summed E-state index contributed by atoms with van der Waals surface area (Å²) in [5, 5.41) is 10.3. The second-order valence-corrected chi connectivity index (χ2v) is 3.85. The molecule has 0 unspecified atom stereocenters. The first-order valence-corrected chi connectivity index (χ1v) is 4.51. The van der Waals surface area contributed by atoms with Gasteiger partial charge in [-0.15, -0.1) is 11.3 Å². The summed E-state index contributed by atoms with van der Waals surface area (Å²) in [6.07, 6.45) is 1.17. The molecule has 1 rings (SSSR count). The minimum atomic E-state index is -0.935. The van der Waals surface area contributed by atoms with Crippen LogP contribution in [0.2, 0.25) is 4.34 Å². The van der Waals surface area contributed by atoms with E-state index in [4.69, 9.17) is 16.7 Å². The average Bonchev–Trinajstić information content (AvgIpc) is 2.34. The molecule has 0 radical (unpaired) electrons. The molecule has 0 aromatic carbocycles. The molecule has 12 heavy (non-hydrogen) atoms. The van der Waals surface area contributed by atoms with Crippen LogP contribution in [0.3, 0.4) is 0 Å². The zero-order valence-electron chi connectivity index (χ0n) is 6.37. The highest BCUT2D eigenvalue weighted by atomic mass is 35.5. The van der Waals surface area contributed by atoms with E-state index in [2.05, 4.69) is 0 Å². The van der Waals surface area contributed by atoms with Crippen molar-refractivity contribution in [3.63, 3.8) is 0 Å². The van der Waals surface area contributed by atoms with Crippen molar-refractivity contribution in [2.75, 3.05) is 0 Å². The van der Waals surface area contributed by atoms with Gasteiger partial charge in [-0.05, 0) is 29.5 Å². The summed E-state index contributed by atoms with van der Waals surface area (Å²) in [5.41, 5.74) is 1.58. The molecule has 1 heterocycles. The van der Waals surface area contributed by atoms with Crippen molar-refractivity contribution in [3.05, 3.63) is 27.4 Å². The fourth-order valence-electron chi connectivity index (χ4n) is 0.785. The van der Waals surface area contributed by atoms with Gasteiger partial charge >= 0.3 is 5.97 Å². The van der Waals surface area contributed by atoms with E-state index in [1.807, 2.05) is 5.38 Å². The van der Waals surface area contributed by atoms with Gasteiger partial charge in [0.05, 0.1) is 4.34 Å². The van der Waals surface area contributed by atoms with E-state index in [1.54, 1.807) is 13.0 Å². The van der Waals surface area contributed by atoms with Crippen LogP contribution in [0, 0.1) is 0 Å². The Morgan fingerprint density at radius 3 is 2.83 bits per heavy atom. The average molecular weight is 203 g/mol. The minimum Gasteiger partial charge on any atom is -0.478 e. The van der Waals surface area contributed by atoms with Crippen molar-refractivity contribution in [1.29, 1.82) is 0 Å². The summed E-state index contributed by atoms with van der Waals surface area (Å²) in [7, 11) is 0. The van der Waals surface area contributed by atoms with Gasteiger partial charge in [0, 0.05) is 6.08 Å². The van der Waals surface area contributed by atoms with Crippen LogP contribution in [0.25, 0.3) is 5.57 Å². The van der Waals surface area contributed by atoms with Crippen molar-refractivity contribution in [2.24, 2.45) is 0 Å². The third kappa shape index (κ3) is 2.36. The third-order valence-corrected chi connectivity index (χ3v) is 2.45. The Hall–Kier alpha value is -0.800. The Bertz CT molecular complexity index is 328. The number of hydrogen-bond acceptors (Lipinski definition) is 2. The molecular formula is C8H7ClO2S. The summed E-state index contributed by atoms with van der Waals surface area (Å²) in [5.74, 6) is -0.935. The van der Waals surface area contributed by atoms with Crippen LogP contribution >= 0.6 is 22.9 Å². The predicted molar refractivity (Wildman–Crippen MR) is 50.6 cm³/mol. The predicted octanol–water partition coefficient (Wildman–Crippen LogP) is 2.89. The van der Waals surface area contributed by atoms with Crippen LogP contribution in [0.5, 0.6) is 0 Å². The number of hydrogen-bond donors (Lipinski definition) is 1. The van der Waals surface area contributed by atoms with Crippen molar-refractivity contribution in [1.82, 2.24) is 0 Å². The molecule has 0 saturated heterocycles. The number of allylic oxidation sites excluding steroid dienone is 1. The molecule has 0 aliphatic rings. The molecule has 1 aromatic rings. The van der Waals surface area contributed by atoms with Crippen LogP contribution in [0.4, 0.5) is 0 Å². The maximum absolute atomic E-state index is 10.3. The van der Waals surface area contributed by atoms with Gasteiger partial charge in [-0.3, -0.25) is 0 Å². The van der Waals surface area contributed by atoms with E-state index in [-0.39, 0.29) is 0 Å². The van der Waals surface area contributed by atoms with Crippen LogP contribution in [0.15, 0.2) is 17.5 Å². The number of carbonyl (C=O) groups is 1. The molecule has 2 nitrogen and oxygen atoms in total. The van der Waals surface area contributed by atoms with Crippen molar-refractivity contribution < 1.29 is 9.90 Å². The van der Waals surface area contributed by atoms with Gasteiger partial charge in [-0.2, -0.15) is 0 Å². The fraction of sp³-hybridized carbons (Fsp3) is 0.125. The van der Waals surface area contributed by atoms with Gasteiger partial charge in [-0.1, -0.05) is 11.6 Å². The molecule has 0 aliphatic carbocycles. The lowest BCUT2D eigenvalue weighted by atomic mass is 10.1. The third-order valence-electron chi connectivity index (χ3n) is 1.36. The molecule has 1 aromatic heterocycles. The summed E-state index contributed by atoms with van der Waals surface area (Å²) < 4.78 is 0.670. The van der Waals surface area contributed by atoms with Gasteiger partial charge in [0.15, 0.2) is 0 Å². The second kappa shape index (κ2) is 3.74. The van der Waals surface area contributed by atoms with Crippen molar-refractivity contribution in [3.8, 4) is 0 Å². The van der Waals surface area contributed by atoms with Crippen LogP contribution in [0.1, 0.15) is 12.5 Å². The quantitative estimate of drug-likeness (QED) is 0.749. The minimum absolute atomic E-state index is 0.670. The first-order valence-electron chi connectivity index (χ1n) is 3.25. The summed E-state index contributed by atoms with van der Waals surface area (Å²) in [4.78, 5) is 10.3. The van der Waals surface area contributed by atoms with E-state index in [1.165, 1.54) is 17.4 Å². The molecule has 0 saturated carbocycles. The number of rotatable bonds is 2. The molecule has 4 heteroatoms. The van der Waals surface area contributed by atoms with Gasteiger partial charge < -0.3 is 5.11 Å². The van der Waals surface area contributed by atoms with Gasteiger partial charge in [-0.25, -0.2) is 4.79 Å². The zero-order valence-corrected chi connectivity index (χ0v) is 7.95. The van der Waals surface area contributed by atoms with Gasteiger partial charge in [0.2, 0.25) is 0 Å². The fourth-order valence-corrected chi connectivity index (χ4v) is 1.73.